The number of hydrogen-bond acceptors (Lipinski definition) is 3. The number of rotatable bonds is 9. The Kier molecular flexibility index (Phi) is 9.56. The molecule has 0 aromatic heterocycles. The van der Waals surface area contributed by atoms with Gasteiger partial charge in [0.1, 0.15) is 0 Å². The number of carbonyl (C=O) groups is 1. The lowest BCUT2D eigenvalue weighted by molar-refractivity contribution is -0.119. The third-order valence-electron chi connectivity index (χ3n) is 2.98. The first-order valence-electron chi connectivity index (χ1n) is 6.92. The van der Waals surface area contributed by atoms with E-state index in [0.29, 0.717) is 5.75 Å². The van der Waals surface area contributed by atoms with E-state index in [-0.39, 0.29) is 23.3 Å². The monoisotopic (exact) mass is 275 g/mol. The Labute approximate surface area is 116 Å². The van der Waals surface area contributed by atoms with Gasteiger partial charge in [0.05, 0.1) is 11.9 Å². The van der Waals surface area contributed by atoms with Gasteiger partial charge >= 0.3 is 0 Å². The highest BCUT2D eigenvalue weighted by molar-refractivity contribution is 8.00. The van der Waals surface area contributed by atoms with Crippen LogP contribution in [0.3, 0.4) is 0 Å². The van der Waals surface area contributed by atoms with Gasteiger partial charge in [0.25, 0.3) is 0 Å². The minimum atomic E-state index is -0.369. The number of nitrogens with one attached hydrogen (secondary N) is 1. The van der Waals surface area contributed by atoms with Crippen LogP contribution in [0, 0.1) is 5.92 Å². The Bertz CT molecular complexity index is 232. The molecule has 4 heteroatoms. The lowest BCUT2D eigenvalue weighted by Crippen LogP contribution is -2.34. The second-order valence-electron chi connectivity index (χ2n) is 5.55. The summed E-state index contributed by atoms with van der Waals surface area (Å²) in [7, 11) is 0. The lowest BCUT2D eigenvalue weighted by Gasteiger charge is -2.17. The highest BCUT2D eigenvalue weighted by atomic mass is 32.2. The fraction of sp³-hybridized carbons (Fsp3) is 0.929. The first-order valence-corrected chi connectivity index (χ1v) is 7.96. The van der Waals surface area contributed by atoms with Crippen molar-refractivity contribution in [3.05, 3.63) is 0 Å². The molecule has 0 fully saturated rings. The summed E-state index contributed by atoms with van der Waals surface area (Å²) < 4.78 is 0. The minimum absolute atomic E-state index is 0.0737. The first kappa shape index (κ1) is 17.8. The summed E-state index contributed by atoms with van der Waals surface area (Å²) in [5, 5.41) is 12.4. The molecular weight excluding hydrogens is 246 g/mol. The summed E-state index contributed by atoms with van der Waals surface area (Å²) in [5.74, 6) is 1.24. The van der Waals surface area contributed by atoms with E-state index >= 15 is 0 Å². The predicted molar refractivity (Wildman–Crippen MR) is 79.9 cm³/mol. The van der Waals surface area contributed by atoms with Crippen LogP contribution in [0.2, 0.25) is 0 Å². The number of aliphatic hydroxyl groups excluding tert-OH is 1. The quantitative estimate of drug-likeness (QED) is 0.680. The van der Waals surface area contributed by atoms with Gasteiger partial charge in [0.15, 0.2) is 0 Å². The van der Waals surface area contributed by atoms with Crippen LogP contribution < -0.4 is 5.32 Å². The molecule has 0 heterocycles. The standard InChI is InChI=1S/C14H29NO2S/c1-10(2)7-6-8-11(3)15-14(17)9-18-13(5)12(4)16/h10-13,16H,6-9H2,1-5H3,(H,15,17). The summed E-state index contributed by atoms with van der Waals surface area (Å²) >= 11 is 1.50. The van der Waals surface area contributed by atoms with Gasteiger partial charge in [0.2, 0.25) is 5.91 Å². The molecule has 0 saturated carbocycles. The summed E-state index contributed by atoms with van der Waals surface area (Å²) in [6.07, 6.45) is 3.05. The van der Waals surface area contributed by atoms with Crippen molar-refractivity contribution in [1.82, 2.24) is 5.32 Å². The molecule has 0 aliphatic carbocycles. The Balaban J connectivity index is 3.67. The van der Waals surface area contributed by atoms with Crippen molar-refractivity contribution < 1.29 is 9.90 Å². The number of hydrogen-bond donors (Lipinski definition) is 2. The van der Waals surface area contributed by atoms with Crippen molar-refractivity contribution in [3.8, 4) is 0 Å². The summed E-state index contributed by atoms with van der Waals surface area (Å²) in [5.41, 5.74) is 0. The number of amides is 1. The van der Waals surface area contributed by atoms with Gasteiger partial charge in [-0.3, -0.25) is 4.79 Å². The number of aliphatic hydroxyl groups is 1. The SMILES string of the molecule is CC(C)CCCC(C)NC(=O)CSC(C)C(C)O. The highest BCUT2D eigenvalue weighted by Crippen LogP contribution is 2.14. The van der Waals surface area contributed by atoms with E-state index in [1.165, 1.54) is 18.2 Å². The highest BCUT2D eigenvalue weighted by Gasteiger charge is 2.13. The normalized spacial score (nSPS) is 16.4. The molecule has 0 spiro atoms. The topological polar surface area (TPSA) is 49.3 Å². The van der Waals surface area contributed by atoms with Crippen LogP contribution in [0.5, 0.6) is 0 Å². The predicted octanol–water partition coefficient (Wildman–Crippen LogP) is 2.82. The molecule has 3 atom stereocenters. The van der Waals surface area contributed by atoms with E-state index in [2.05, 4.69) is 26.1 Å². The Morgan fingerprint density at radius 3 is 2.28 bits per heavy atom. The van der Waals surface area contributed by atoms with Crippen LogP contribution in [-0.4, -0.2) is 34.2 Å². The minimum Gasteiger partial charge on any atom is -0.392 e. The Morgan fingerprint density at radius 2 is 1.78 bits per heavy atom. The molecule has 0 bridgehead atoms. The third kappa shape index (κ3) is 9.77. The summed E-state index contributed by atoms with van der Waals surface area (Å²) in [6, 6.07) is 0.249. The second-order valence-corrected chi connectivity index (χ2v) is 6.92. The maximum Gasteiger partial charge on any atom is 0.230 e. The molecule has 0 aliphatic heterocycles. The molecule has 0 radical (unpaired) electrons. The molecule has 0 aromatic carbocycles. The smallest absolute Gasteiger partial charge is 0.230 e. The van der Waals surface area contributed by atoms with Crippen molar-refractivity contribution >= 4 is 17.7 Å². The Morgan fingerprint density at radius 1 is 1.17 bits per heavy atom. The van der Waals surface area contributed by atoms with Gasteiger partial charge in [-0.2, -0.15) is 0 Å². The van der Waals surface area contributed by atoms with E-state index in [1.807, 2.05) is 6.92 Å². The zero-order valence-corrected chi connectivity index (χ0v) is 13.2. The average Bonchev–Trinajstić information content (AvgIpc) is 2.24. The molecule has 1 amide bonds. The van der Waals surface area contributed by atoms with Crippen LogP contribution in [0.1, 0.15) is 53.9 Å². The van der Waals surface area contributed by atoms with Gasteiger partial charge in [-0.05, 0) is 26.2 Å². The third-order valence-corrected chi connectivity index (χ3v) is 4.33. The Hall–Kier alpha value is -0.220. The van der Waals surface area contributed by atoms with Gasteiger partial charge in [-0.15, -0.1) is 11.8 Å². The van der Waals surface area contributed by atoms with Crippen LogP contribution in [0.4, 0.5) is 0 Å². The largest absolute Gasteiger partial charge is 0.392 e. The number of thioether (sulfide) groups is 1. The fourth-order valence-corrected chi connectivity index (χ4v) is 2.34. The van der Waals surface area contributed by atoms with Gasteiger partial charge in [-0.1, -0.05) is 33.6 Å². The van der Waals surface area contributed by atoms with E-state index in [9.17, 15) is 9.90 Å². The molecule has 18 heavy (non-hydrogen) atoms. The molecular formula is C14H29NO2S. The van der Waals surface area contributed by atoms with Crippen molar-refractivity contribution in [2.24, 2.45) is 5.92 Å². The van der Waals surface area contributed by atoms with E-state index in [0.717, 1.165) is 18.8 Å². The maximum atomic E-state index is 11.7. The van der Waals surface area contributed by atoms with Crippen LogP contribution in [0.15, 0.2) is 0 Å². The van der Waals surface area contributed by atoms with Crippen molar-refractivity contribution in [3.63, 3.8) is 0 Å². The molecule has 3 unspecified atom stereocenters. The number of carbonyl (C=O) groups excluding carboxylic acids is 1. The van der Waals surface area contributed by atoms with Crippen molar-refractivity contribution in [2.75, 3.05) is 5.75 Å². The molecule has 2 N–H and O–H groups in total. The average molecular weight is 275 g/mol. The zero-order chi connectivity index (χ0) is 14.1. The second kappa shape index (κ2) is 9.68. The first-order chi connectivity index (χ1) is 8.32. The molecule has 3 nitrogen and oxygen atoms in total. The van der Waals surface area contributed by atoms with Gasteiger partial charge < -0.3 is 10.4 Å². The van der Waals surface area contributed by atoms with Crippen LogP contribution >= 0.6 is 11.8 Å². The molecule has 0 rings (SSSR count). The van der Waals surface area contributed by atoms with Crippen LogP contribution in [-0.2, 0) is 4.79 Å². The van der Waals surface area contributed by atoms with Gasteiger partial charge in [0, 0.05) is 11.3 Å². The maximum absolute atomic E-state index is 11.7. The lowest BCUT2D eigenvalue weighted by atomic mass is 10.0. The molecule has 0 aromatic rings. The molecule has 0 saturated heterocycles. The summed E-state index contributed by atoms with van der Waals surface area (Å²) in [4.78, 5) is 11.7. The van der Waals surface area contributed by atoms with Gasteiger partial charge in [-0.25, -0.2) is 0 Å². The van der Waals surface area contributed by atoms with Crippen LogP contribution in [0.25, 0.3) is 0 Å². The van der Waals surface area contributed by atoms with Crippen molar-refractivity contribution in [2.45, 2.75) is 71.3 Å². The zero-order valence-electron chi connectivity index (χ0n) is 12.4. The molecule has 108 valence electrons. The van der Waals surface area contributed by atoms with Crippen molar-refractivity contribution in [1.29, 1.82) is 0 Å². The van der Waals surface area contributed by atoms with E-state index < -0.39 is 0 Å². The fourth-order valence-electron chi connectivity index (χ4n) is 1.57. The molecule has 0 aliphatic rings. The van der Waals surface area contributed by atoms with E-state index in [1.54, 1.807) is 6.92 Å². The van der Waals surface area contributed by atoms with E-state index in [4.69, 9.17) is 0 Å². The summed E-state index contributed by atoms with van der Waals surface area (Å²) in [6.45, 7) is 10.2.